The molecule has 1 aromatic heterocycles. The van der Waals surface area contributed by atoms with Crippen molar-refractivity contribution >= 4 is 11.8 Å². The average Bonchev–Trinajstić information content (AvgIpc) is 3.30. The van der Waals surface area contributed by atoms with Crippen LogP contribution in [0.25, 0.3) is 0 Å². The number of benzene rings is 3. The molecule has 0 aliphatic rings. The first-order valence-corrected chi connectivity index (χ1v) is 11.6. The summed E-state index contributed by atoms with van der Waals surface area (Å²) >= 11 is 1.52. The van der Waals surface area contributed by atoms with Gasteiger partial charge in [-0.25, -0.2) is 9.07 Å². The number of ether oxygens (including phenoxy) is 2. The van der Waals surface area contributed by atoms with E-state index in [1.54, 1.807) is 23.1 Å². The Morgan fingerprint density at radius 1 is 0.939 bits per heavy atom. The molecule has 1 heterocycles. The summed E-state index contributed by atoms with van der Waals surface area (Å²) in [5, 5.41) is 8.92. The molecule has 0 aliphatic heterocycles. The first kappa shape index (κ1) is 22.7. The summed E-state index contributed by atoms with van der Waals surface area (Å²) in [6.07, 6.45) is 1.63. The van der Waals surface area contributed by atoms with Gasteiger partial charge in [0.25, 0.3) is 0 Å². The Kier molecular flexibility index (Phi) is 7.81. The van der Waals surface area contributed by atoms with Crippen LogP contribution >= 0.6 is 11.8 Å². The summed E-state index contributed by atoms with van der Waals surface area (Å²) in [7, 11) is 0. The number of rotatable bonds is 11. The highest BCUT2D eigenvalue weighted by atomic mass is 32.2. The van der Waals surface area contributed by atoms with Gasteiger partial charge in [-0.3, -0.25) is 0 Å². The zero-order valence-corrected chi connectivity index (χ0v) is 19.1. The van der Waals surface area contributed by atoms with Crippen LogP contribution < -0.4 is 14.9 Å². The number of hydrogen-bond acceptors (Lipinski definition) is 6. The maximum absolute atomic E-state index is 13.1. The molecule has 0 radical (unpaired) electrons. The Bertz CT molecular complexity index is 1150. The molecular formula is C25H25FN4O2S. The van der Waals surface area contributed by atoms with Gasteiger partial charge >= 0.3 is 0 Å². The van der Waals surface area contributed by atoms with Crippen LogP contribution in [0.15, 0.2) is 84.3 Å². The third-order valence-electron chi connectivity index (χ3n) is 4.82. The molecule has 3 aromatic carbocycles. The normalized spacial score (nSPS) is 10.7. The number of hydrogen-bond donors (Lipinski definition) is 1. The molecule has 0 bridgehead atoms. The third-order valence-corrected chi connectivity index (χ3v) is 5.84. The Hall–Kier alpha value is -3.52. The van der Waals surface area contributed by atoms with Crippen LogP contribution in [0.1, 0.15) is 23.6 Å². The van der Waals surface area contributed by atoms with E-state index in [1.165, 1.54) is 23.9 Å². The molecule has 0 saturated heterocycles. The van der Waals surface area contributed by atoms with Crippen molar-refractivity contribution < 1.29 is 13.9 Å². The van der Waals surface area contributed by atoms with Crippen LogP contribution in [0, 0.1) is 5.82 Å². The molecule has 0 spiro atoms. The lowest BCUT2D eigenvalue weighted by Crippen LogP contribution is -2.15. The summed E-state index contributed by atoms with van der Waals surface area (Å²) in [5.74, 6) is 1.84. The Morgan fingerprint density at radius 3 is 2.55 bits per heavy atom. The summed E-state index contributed by atoms with van der Waals surface area (Å²) in [6, 6.07) is 22.4. The molecule has 0 amide bonds. The Labute approximate surface area is 196 Å². The third kappa shape index (κ3) is 6.26. The maximum Gasteiger partial charge on any atom is 0.210 e. The minimum Gasteiger partial charge on any atom is -0.490 e. The van der Waals surface area contributed by atoms with E-state index < -0.39 is 0 Å². The van der Waals surface area contributed by atoms with E-state index in [-0.39, 0.29) is 5.82 Å². The first-order valence-electron chi connectivity index (χ1n) is 10.7. The van der Waals surface area contributed by atoms with E-state index in [2.05, 4.69) is 15.6 Å². The summed E-state index contributed by atoms with van der Waals surface area (Å²) in [6.45, 7) is 3.44. The minimum absolute atomic E-state index is 0.242. The SMILES string of the molecule is CCOc1cccc(CNn2cnnc2SCc2ccc(F)cc2)c1OCc1ccccc1. The molecular weight excluding hydrogens is 439 g/mol. The fourth-order valence-electron chi connectivity index (χ4n) is 3.19. The maximum atomic E-state index is 13.1. The first-order chi connectivity index (χ1) is 16.2. The molecule has 170 valence electrons. The van der Waals surface area contributed by atoms with Gasteiger partial charge in [0.05, 0.1) is 13.2 Å². The van der Waals surface area contributed by atoms with Crippen molar-refractivity contribution in [2.45, 2.75) is 31.0 Å². The van der Waals surface area contributed by atoms with Gasteiger partial charge in [-0.2, -0.15) is 0 Å². The number of thioether (sulfide) groups is 1. The fourth-order valence-corrected chi connectivity index (χ4v) is 4.04. The lowest BCUT2D eigenvalue weighted by atomic mass is 10.2. The van der Waals surface area contributed by atoms with Gasteiger partial charge in [-0.1, -0.05) is 66.4 Å². The zero-order valence-electron chi connectivity index (χ0n) is 18.3. The fraction of sp³-hybridized carbons (Fsp3) is 0.200. The van der Waals surface area contributed by atoms with Gasteiger partial charge < -0.3 is 14.9 Å². The van der Waals surface area contributed by atoms with Gasteiger partial charge in [-0.15, -0.1) is 10.2 Å². The molecule has 4 aromatic rings. The van der Waals surface area contributed by atoms with Gasteiger partial charge in [-0.05, 0) is 36.2 Å². The standard InChI is InChI=1S/C25H25FN4O2S/c1-2-31-23-10-6-9-21(24(23)32-16-19-7-4-3-5-8-19)15-28-30-18-27-29-25(30)33-17-20-11-13-22(26)14-12-20/h3-14,18,28H,2,15-17H2,1H3. The molecule has 0 aliphatic carbocycles. The van der Waals surface area contributed by atoms with E-state index in [1.807, 2.05) is 55.5 Å². The summed E-state index contributed by atoms with van der Waals surface area (Å²) in [5.41, 5.74) is 6.39. The Balaban J connectivity index is 1.44. The monoisotopic (exact) mass is 464 g/mol. The van der Waals surface area contributed by atoms with Crippen LogP contribution in [0.4, 0.5) is 4.39 Å². The predicted octanol–water partition coefficient (Wildman–Crippen LogP) is 5.43. The number of halogens is 1. The zero-order chi connectivity index (χ0) is 22.9. The minimum atomic E-state index is -0.242. The second-order valence-electron chi connectivity index (χ2n) is 7.19. The van der Waals surface area contributed by atoms with E-state index in [4.69, 9.17) is 9.47 Å². The van der Waals surface area contributed by atoms with Gasteiger partial charge in [0.1, 0.15) is 18.8 Å². The van der Waals surface area contributed by atoms with Crippen molar-refractivity contribution in [1.29, 1.82) is 0 Å². The Morgan fingerprint density at radius 2 is 1.76 bits per heavy atom. The van der Waals surface area contributed by atoms with Crippen molar-refractivity contribution in [3.05, 3.63) is 102 Å². The van der Waals surface area contributed by atoms with E-state index in [0.29, 0.717) is 42.2 Å². The van der Waals surface area contributed by atoms with Gasteiger partial charge in [0.15, 0.2) is 11.5 Å². The average molecular weight is 465 g/mol. The lowest BCUT2D eigenvalue weighted by molar-refractivity contribution is 0.267. The number of nitrogens with zero attached hydrogens (tertiary/aromatic N) is 3. The molecule has 8 heteroatoms. The molecule has 0 saturated carbocycles. The van der Waals surface area contributed by atoms with Crippen LogP contribution in [0.3, 0.4) is 0 Å². The molecule has 6 nitrogen and oxygen atoms in total. The van der Waals surface area contributed by atoms with E-state index in [9.17, 15) is 4.39 Å². The smallest absolute Gasteiger partial charge is 0.210 e. The molecule has 0 fully saturated rings. The highest BCUT2D eigenvalue weighted by Gasteiger charge is 2.13. The van der Waals surface area contributed by atoms with Crippen molar-refractivity contribution in [2.24, 2.45) is 0 Å². The molecule has 1 N–H and O–H groups in total. The van der Waals surface area contributed by atoms with Crippen molar-refractivity contribution in [3.63, 3.8) is 0 Å². The highest BCUT2D eigenvalue weighted by molar-refractivity contribution is 7.98. The van der Waals surface area contributed by atoms with Crippen molar-refractivity contribution in [2.75, 3.05) is 12.0 Å². The summed E-state index contributed by atoms with van der Waals surface area (Å²) < 4.78 is 26.9. The van der Waals surface area contributed by atoms with Crippen LogP contribution in [0.2, 0.25) is 0 Å². The number of aromatic nitrogens is 3. The number of para-hydroxylation sites is 1. The van der Waals surface area contributed by atoms with Crippen LogP contribution in [-0.2, 0) is 18.9 Å². The topological polar surface area (TPSA) is 61.2 Å². The molecule has 33 heavy (non-hydrogen) atoms. The largest absolute Gasteiger partial charge is 0.490 e. The molecule has 4 rings (SSSR count). The second kappa shape index (κ2) is 11.4. The van der Waals surface area contributed by atoms with Gasteiger partial charge in [0.2, 0.25) is 5.16 Å². The van der Waals surface area contributed by atoms with Gasteiger partial charge in [0, 0.05) is 11.3 Å². The summed E-state index contributed by atoms with van der Waals surface area (Å²) in [4.78, 5) is 0. The second-order valence-corrected chi connectivity index (χ2v) is 8.13. The predicted molar refractivity (Wildman–Crippen MR) is 127 cm³/mol. The van der Waals surface area contributed by atoms with Crippen LogP contribution in [-0.4, -0.2) is 21.5 Å². The molecule has 0 atom stereocenters. The van der Waals surface area contributed by atoms with Crippen molar-refractivity contribution in [3.8, 4) is 11.5 Å². The van der Waals surface area contributed by atoms with E-state index >= 15 is 0 Å². The number of nitrogens with one attached hydrogen (secondary N) is 1. The van der Waals surface area contributed by atoms with Crippen LogP contribution in [0.5, 0.6) is 11.5 Å². The van der Waals surface area contributed by atoms with Crippen molar-refractivity contribution in [1.82, 2.24) is 14.9 Å². The van der Waals surface area contributed by atoms with E-state index in [0.717, 1.165) is 16.7 Å². The highest BCUT2D eigenvalue weighted by Crippen LogP contribution is 2.32. The quantitative estimate of drug-likeness (QED) is 0.299. The lowest BCUT2D eigenvalue weighted by Gasteiger charge is -2.17. The molecule has 0 unspecified atom stereocenters.